The summed E-state index contributed by atoms with van der Waals surface area (Å²) in [7, 11) is -2.00. The summed E-state index contributed by atoms with van der Waals surface area (Å²) >= 11 is 0. The van der Waals surface area contributed by atoms with E-state index in [0.29, 0.717) is 22.4 Å². The number of benzene rings is 2. The van der Waals surface area contributed by atoms with Crippen LogP contribution < -0.4 is 15.0 Å². The van der Waals surface area contributed by atoms with Crippen molar-refractivity contribution >= 4 is 20.9 Å². The Morgan fingerprint density at radius 3 is 2.50 bits per heavy atom. The fourth-order valence-corrected chi connectivity index (χ4v) is 3.73. The predicted octanol–water partition coefficient (Wildman–Crippen LogP) is 2.46. The van der Waals surface area contributed by atoms with Gasteiger partial charge in [0, 0.05) is 18.2 Å². The van der Waals surface area contributed by atoms with Gasteiger partial charge in [0.15, 0.2) is 0 Å². The maximum atomic E-state index is 12.3. The highest BCUT2D eigenvalue weighted by atomic mass is 32.2. The van der Waals surface area contributed by atoms with Crippen molar-refractivity contribution in [3.63, 3.8) is 0 Å². The molecular weight excluding hydrogens is 352 g/mol. The summed E-state index contributed by atoms with van der Waals surface area (Å²) in [5.41, 5.74) is 2.43. The van der Waals surface area contributed by atoms with Gasteiger partial charge in [-0.2, -0.15) is 0 Å². The van der Waals surface area contributed by atoms with Crippen LogP contribution in [0.25, 0.3) is 10.9 Å². The molecule has 26 heavy (non-hydrogen) atoms. The molecule has 3 aromatic rings. The number of aromatic amines is 1. The van der Waals surface area contributed by atoms with E-state index in [2.05, 4.69) is 9.71 Å². The largest absolute Gasteiger partial charge is 0.497 e. The lowest BCUT2D eigenvalue weighted by atomic mass is 10.1. The zero-order valence-corrected chi connectivity index (χ0v) is 15.4. The van der Waals surface area contributed by atoms with Crippen LogP contribution in [0.2, 0.25) is 0 Å². The first-order valence-corrected chi connectivity index (χ1v) is 9.74. The van der Waals surface area contributed by atoms with Crippen LogP contribution in [0.15, 0.2) is 53.3 Å². The number of aromatic nitrogens is 1. The first-order chi connectivity index (χ1) is 12.4. The number of H-pyrrole nitrogens is 1. The second-order valence-corrected chi connectivity index (χ2v) is 7.95. The van der Waals surface area contributed by atoms with Gasteiger partial charge in [0.25, 0.3) is 5.56 Å². The van der Waals surface area contributed by atoms with E-state index >= 15 is 0 Å². The first-order valence-electron chi connectivity index (χ1n) is 8.09. The van der Waals surface area contributed by atoms with Crippen LogP contribution in [-0.2, 0) is 22.3 Å². The van der Waals surface area contributed by atoms with Crippen molar-refractivity contribution in [2.45, 2.75) is 19.2 Å². The van der Waals surface area contributed by atoms with Gasteiger partial charge in [-0.25, -0.2) is 13.1 Å². The monoisotopic (exact) mass is 372 g/mol. The third-order valence-electron chi connectivity index (χ3n) is 4.09. The number of sulfonamides is 1. The van der Waals surface area contributed by atoms with E-state index < -0.39 is 10.0 Å². The average Bonchev–Trinajstić information content (AvgIpc) is 2.61. The number of fused-ring (bicyclic) bond motifs is 1. The zero-order valence-electron chi connectivity index (χ0n) is 14.6. The zero-order chi connectivity index (χ0) is 18.7. The van der Waals surface area contributed by atoms with Gasteiger partial charge in [-0.1, -0.05) is 29.8 Å². The van der Waals surface area contributed by atoms with Crippen LogP contribution in [0.1, 0.15) is 16.7 Å². The highest BCUT2D eigenvalue weighted by Crippen LogP contribution is 2.18. The summed E-state index contributed by atoms with van der Waals surface area (Å²) in [6.07, 6.45) is 0. The second-order valence-electron chi connectivity index (χ2n) is 6.14. The number of hydrogen-bond acceptors (Lipinski definition) is 4. The van der Waals surface area contributed by atoms with Gasteiger partial charge in [0.2, 0.25) is 10.0 Å². The molecule has 7 heteroatoms. The molecule has 1 aromatic heterocycles. The molecule has 0 aliphatic heterocycles. The standard InChI is InChI=1S/C19H20N2O4S/c1-13-3-5-14(6-4-13)12-26(23,24)20-11-16-9-15-7-8-17(25-2)10-18(15)21-19(16)22/h3-10,20H,11-12H2,1-2H3,(H,21,22). The summed E-state index contributed by atoms with van der Waals surface area (Å²) in [5.74, 6) is 0.510. The maximum Gasteiger partial charge on any atom is 0.252 e. The van der Waals surface area contributed by atoms with E-state index in [1.807, 2.05) is 25.1 Å². The predicted molar refractivity (Wildman–Crippen MR) is 102 cm³/mol. The number of ether oxygens (including phenoxy) is 1. The van der Waals surface area contributed by atoms with Gasteiger partial charge < -0.3 is 9.72 Å². The molecule has 6 nitrogen and oxygen atoms in total. The van der Waals surface area contributed by atoms with E-state index in [1.54, 1.807) is 37.4 Å². The normalized spacial score (nSPS) is 11.6. The summed E-state index contributed by atoms with van der Waals surface area (Å²) in [6, 6.07) is 14.3. The lowest BCUT2D eigenvalue weighted by Gasteiger charge is -2.08. The van der Waals surface area contributed by atoms with Gasteiger partial charge in [0.1, 0.15) is 5.75 Å². The molecule has 0 saturated heterocycles. The number of methoxy groups -OCH3 is 1. The first kappa shape index (κ1) is 18.2. The molecule has 0 aliphatic rings. The Kier molecular flexibility index (Phi) is 5.11. The molecule has 0 unspecified atom stereocenters. The minimum Gasteiger partial charge on any atom is -0.497 e. The van der Waals surface area contributed by atoms with Crippen LogP contribution >= 0.6 is 0 Å². The molecule has 0 saturated carbocycles. The number of nitrogens with one attached hydrogen (secondary N) is 2. The summed E-state index contributed by atoms with van der Waals surface area (Å²) < 4.78 is 32.2. The average molecular weight is 372 g/mol. The minimum absolute atomic E-state index is 0.0640. The van der Waals surface area contributed by atoms with Crippen LogP contribution in [-0.4, -0.2) is 20.5 Å². The molecule has 0 fully saturated rings. The molecule has 0 amide bonds. The third kappa shape index (κ3) is 4.30. The Bertz CT molecular complexity index is 1090. The van der Waals surface area contributed by atoms with E-state index in [1.165, 1.54) is 0 Å². The Morgan fingerprint density at radius 2 is 1.81 bits per heavy atom. The fourth-order valence-electron chi connectivity index (χ4n) is 2.63. The smallest absolute Gasteiger partial charge is 0.252 e. The van der Waals surface area contributed by atoms with E-state index in [0.717, 1.165) is 10.9 Å². The van der Waals surface area contributed by atoms with Crippen molar-refractivity contribution in [2.24, 2.45) is 0 Å². The Morgan fingerprint density at radius 1 is 1.08 bits per heavy atom. The summed E-state index contributed by atoms with van der Waals surface area (Å²) in [5, 5.41) is 0.804. The Hall–Kier alpha value is -2.64. The van der Waals surface area contributed by atoms with E-state index in [4.69, 9.17) is 4.74 Å². The van der Waals surface area contributed by atoms with Crippen molar-refractivity contribution in [2.75, 3.05) is 7.11 Å². The topological polar surface area (TPSA) is 88.3 Å². The van der Waals surface area contributed by atoms with Crippen LogP contribution in [0.3, 0.4) is 0 Å². The number of hydrogen-bond donors (Lipinski definition) is 2. The Balaban J connectivity index is 1.77. The molecule has 2 N–H and O–H groups in total. The van der Waals surface area contributed by atoms with Gasteiger partial charge in [0.05, 0.1) is 18.4 Å². The van der Waals surface area contributed by atoms with Gasteiger partial charge >= 0.3 is 0 Å². The molecular formula is C19H20N2O4S. The molecule has 0 radical (unpaired) electrons. The van der Waals surface area contributed by atoms with Crippen molar-refractivity contribution in [3.8, 4) is 5.75 Å². The molecule has 136 valence electrons. The highest BCUT2D eigenvalue weighted by molar-refractivity contribution is 7.88. The van der Waals surface area contributed by atoms with E-state index in [9.17, 15) is 13.2 Å². The Labute approximate surface area is 151 Å². The quantitative estimate of drug-likeness (QED) is 0.696. The molecule has 0 aliphatic carbocycles. The molecule has 0 atom stereocenters. The lowest BCUT2D eigenvalue weighted by molar-refractivity contribution is 0.415. The molecule has 3 rings (SSSR count). The molecule has 2 aromatic carbocycles. The summed E-state index contributed by atoms with van der Waals surface area (Å²) in [6.45, 7) is 1.88. The number of pyridine rings is 1. The van der Waals surface area contributed by atoms with Crippen molar-refractivity contribution in [1.82, 2.24) is 9.71 Å². The summed E-state index contributed by atoms with van der Waals surface area (Å²) in [4.78, 5) is 15.0. The van der Waals surface area contributed by atoms with Crippen LogP contribution in [0.4, 0.5) is 0 Å². The van der Waals surface area contributed by atoms with Gasteiger partial charge in [-0.05, 0) is 36.1 Å². The molecule has 0 spiro atoms. The second kappa shape index (κ2) is 7.31. The van der Waals surface area contributed by atoms with Crippen LogP contribution in [0.5, 0.6) is 5.75 Å². The number of rotatable bonds is 6. The van der Waals surface area contributed by atoms with Gasteiger partial charge in [-0.15, -0.1) is 0 Å². The lowest BCUT2D eigenvalue weighted by Crippen LogP contribution is -2.28. The van der Waals surface area contributed by atoms with Gasteiger partial charge in [-0.3, -0.25) is 4.79 Å². The highest BCUT2D eigenvalue weighted by Gasteiger charge is 2.13. The molecule has 1 heterocycles. The van der Waals surface area contributed by atoms with Crippen molar-refractivity contribution < 1.29 is 13.2 Å². The van der Waals surface area contributed by atoms with Crippen molar-refractivity contribution in [1.29, 1.82) is 0 Å². The van der Waals surface area contributed by atoms with E-state index in [-0.39, 0.29) is 17.9 Å². The minimum atomic E-state index is -3.55. The van der Waals surface area contributed by atoms with Crippen LogP contribution in [0, 0.1) is 6.92 Å². The fraction of sp³-hybridized carbons (Fsp3) is 0.211. The SMILES string of the molecule is COc1ccc2cc(CNS(=O)(=O)Cc3ccc(C)cc3)c(=O)[nH]c2c1. The molecule has 0 bridgehead atoms. The number of aryl methyl sites for hydroxylation is 1. The van der Waals surface area contributed by atoms with Crippen molar-refractivity contribution in [3.05, 3.63) is 75.6 Å². The maximum absolute atomic E-state index is 12.3. The third-order valence-corrected chi connectivity index (χ3v) is 5.39.